The minimum absolute atomic E-state index is 0.158. The van der Waals surface area contributed by atoms with E-state index in [2.05, 4.69) is 15.2 Å². The number of hydrogen-bond donors (Lipinski definition) is 1. The molecule has 124 valence electrons. The third-order valence-electron chi connectivity index (χ3n) is 2.93. The van der Waals surface area contributed by atoms with Gasteiger partial charge in [0.25, 0.3) is 16.6 Å². The molecule has 0 amide bonds. The van der Waals surface area contributed by atoms with E-state index in [1.54, 1.807) is 31.2 Å². The molecule has 0 radical (unpaired) electrons. The number of pyridine rings is 1. The first-order chi connectivity index (χ1) is 11.5. The quantitative estimate of drug-likeness (QED) is 0.650. The Morgan fingerprint density at radius 3 is 2.62 bits per heavy atom. The first kappa shape index (κ1) is 16.4. The highest BCUT2D eigenvalue weighted by atomic mass is 35.5. The van der Waals surface area contributed by atoms with E-state index in [4.69, 9.17) is 37.7 Å². The molecule has 1 aromatic carbocycles. The summed E-state index contributed by atoms with van der Waals surface area (Å²) in [5, 5.41) is 6.62. The molecule has 2 heterocycles. The van der Waals surface area contributed by atoms with Gasteiger partial charge in [-0.05, 0) is 49.5 Å². The molecule has 1 N–H and O–H groups in total. The van der Waals surface area contributed by atoms with E-state index in [1.807, 2.05) is 0 Å². The molecule has 1 atom stereocenters. The Hall–Kier alpha value is -2.45. The molecule has 0 aliphatic heterocycles. The summed E-state index contributed by atoms with van der Waals surface area (Å²) in [5.41, 5.74) is 0. The van der Waals surface area contributed by atoms with E-state index in [0.29, 0.717) is 17.4 Å². The monoisotopic (exact) mass is 367 g/mol. The third-order valence-corrected chi connectivity index (χ3v) is 3.31. The topological polar surface area (TPSA) is 73.2 Å². The smallest absolute Gasteiger partial charge is 0.284 e. The van der Waals surface area contributed by atoms with Gasteiger partial charge in [-0.25, -0.2) is 14.5 Å². The van der Waals surface area contributed by atoms with Gasteiger partial charge in [0.1, 0.15) is 11.5 Å². The zero-order valence-electron chi connectivity index (χ0n) is 12.3. The van der Waals surface area contributed by atoms with Gasteiger partial charge >= 0.3 is 0 Å². The van der Waals surface area contributed by atoms with Crippen molar-refractivity contribution in [1.29, 1.82) is 0 Å². The summed E-state index contributed by atoms with van der Waals surface area (Å²) in [6.07, 6.45) is 0.875. The summed E-state index contributed by atoms with van der Waals surface area (Å²) >= 11 is 10.5. The average molecular weight is 368 g/mol. The van der Waals surface area contributed by atoms with Crippen LogP contribution >= 0.6 is 23.8 Å². The van der Waals surface area contributed by atoms with Crippen LogP contribution in [0.15, 0.2) is 40.9 Å². The van der Waals surface area contributed by atoms with Crippen LogP contribution in [0.2, 0.25) is 5.02 Å². The number of nitrogens with zero attached hydrogens (tertiary/aromatic N) is 2. The Bertz CT molecular complexity index is 897. The van der Waals surface area contributed by atoms with Crippen LogP contribution < -0.4 is 9.47 Å². The van der Waals surface area contributed by atoms with Crippen molar-refractivity contribution in [2.75, 3.05) is 0 Å². The number of H-pyrrole nitrogens is 1. The van der Waals surface area contributed by atoms with E-state index in [1.165, 1.54) is 6.20 Å². The molecule has 9 heteroatoms. The van der Waals surface area contributed by atoms with Crippen LogP contribution in [0.3, 0.4) is 0 Å². The SMILES string of the molecule is C[C@@H](Oc1ccc(Oc2ncc(Cl)cc2F)cc1)c1n[nH]c(=S)o1. The van der Waals surface area contributed by atoms with Gasteiger partial charge in [-0.3, -0.25) is 0 Å². The highest BCUT2D eigenvalue weighted by molar-refractivity contribution is 7.71. The van der Waals surface area contributed by atoms with Crippen molar-refractivity contribution in [3.8, 4) is 17.4 Å². The van der Waals surface area contributed by atoms with Crippen molar-refractivity contribution < 1.29 is 18.3 Å². The minimum atomic E-state index is -0.642. The van der Waals surface area contributed by atoms with Crippen molar-refractivity contribution >= 4 is 23.8 Å². The van der Waals surface area contributed by atoms with Gasteiger partial charge in [0, 0.05) is 6.20 Å². The maximum atomic E-state index is 13.7. The van der Waals surface area contributed by atoms with Crippen molar-refractivity contribution in [2.24, 2.45) is 0 Å². The molecule has 3 aromatic rings. The molecule has 3 rings (SSSR count). The number of ether oxygens (including phenoxy) is 2. The lowest BCUT2D eigenvalue weighted by atomic mass is 10.3. The van der Waals surface area contributed by atoms with Gasteiger partial charge < -0.3 is 13.9 Å². The molecule has 0 saturated heterocycles. The highest BCUT2D eigenvalue weighted by Crippen LogP contribution is 2.27. The summed E-state index contributed by atoms with van der Waals surface area (Å²) in [6.45, 7) is 1.77. The second-order valence-corrected chi connectivity index (χ2v) is 5.53. The molecule has 0 fully saturated rings. The summed E-state index contributed by atoms with van der Waals surface area (Å²) in [6, 6.07) is 7.71. The van der Waals surface area contributed by atoms with Crippen molar-refractivity contribution in [3.05, 3.63) is 58.1 Å². The number of aromatic amines is 1. The van der Waals surface area contributed by atoms with E-state index in [-0.39, 0.29) is 15.7 Å². The fraction of sp³-hybridized carbons (Fsp3) is 0.133. The van der Waals surface area contributed by atoms with Crippen LogP contribution in [0.25, 0.3) is 0 Å². The Kier molecular flexibility index (Phi) is 4.77. The van der Waals surface area contributed by atoms with Crippen molar-refractivity contribution in [2.45, 2.75) is 13.0 Å². The third kappa shape index (κ3) is 3.90. The number of halogens is 2. The second-order valence-electron chi connectivity index (χ2n) is 4.73. The Morgan fingerprint density at radius 2 is 2.00 bits per heavy atom. The zero-order valence-corrected chi connectivity index (χ0v) is 13.9. The maximum Gasteiger partial charge on any atom is 0.284 e. The standard InChI is InChI=1S/C15H11ClFN3O3S/c1-8(13-19-20-15(24)23-13)21-10-2-4-11(5-3-10)22-14-12(17)6-9(16)7-18-14/h2-8H,1H3,(H,20,24)/t8-/m1/s1. The molecule has 0 spiro atoms. The van der Waals surface area contributed by atoms with Crippen LogP contribution in [0.5, 0.6) is 17.4 Å². The van der Waals surface area contributed by atoms with Crippen molar-refractivity contribution in [3.63, 3.8) is 0 Å². The summed E-state index contributed by atoms with van der Waals surface area (Å²) < 4.78 is 29.9. The normalized spacial score (nSPS) is 12.0. The highest BCUT2D eigenvalue weighted by Gasteiger charge is 2.13. The van der Waals surface area contributed by atoms with Gasteiger partial charge in [-0.1, -0.05) is 11.6 Å². The molecule has 6 nitrogen and oxygen atoms in total. The summed E-state index contributed by atoms with van der Waals surface area (Å²) in [7, 11) is 0. The first-order valence-electron chi connectivity index (χ1n) is 6.82. The lowest BCUT2D eigenvalue weighted by molar-refractivity contribution is 0.187. The van der Waals surface area contributed by atoms with E-state index in [9.17, 15) is 4.39 Å². The molecule has 0 aliphatic rings. The van der Waals surface area contributed by atoms with Crippen LogP contribution in [0.1, 0.15) is 18.9 Å². The maximum absolute atomic E-state index is 13.7. The van der Waals surface area contributed by atoms with Gasteiger partial charge in [0.15, 0.2) is 11.9 Å². The number of rotatable bonds is 5. The second kappa shape index (κ2) is 6.98. The van der Waals surface area contributed by atoms with Crippen molar-refractivity contribution in [1.82, 2.24) is 15.2 Å². The first-order valence-corrected chi connectivity index (χ1v) is 7.61. The molecule has 0 unspecified atom stereocenters. The van der Waals surface area contributed by atoms with Crippen LogP contribution in [-0.2, 0) is 0 Å². The molecular weight excluding hydrogens is 357 g/mol. The van der Waals surface area contributed by atoms with E-state index in [0.717, 1.165) is 6.07 Å². The number of hydrogen-bond acceptors (Lipinski definition) is 6. The minimum Gasteiger partial charge on any atom is -0.481 e. The number of benzene rings is 1. The zero-order chi connectivity index (χ0) is 17.1. The number of nitrogens with one attached hydrogen (secondary N) is 1. The molecule has 0 bridgehead atoms. The van der Waals surface area contributed by atoms with E-state index < -0.39 is 11.9 Å². The molecular formula is C15H11ClFN3O3S. The summed E-state index contributed by atoms with van der Waals surface area (Å²) in [5.74, 6) is 0.503. The van der Waals surface area contributed by atoms with Gasteiger partial charge in [0.2, 0.25) is 0 Å². The fourth-order valence-corrected chi connectivity index (χ4v) is 2.12. The van der Waals surface area contributed by atoms with Gasteiger partial charge in [-0.15, -0.1) is 5.10 Å². The fourth-order valence-electron chi connectivity index (χ4n) is 1.84. The molecule has 2 aromatic heterocycles. The van der Waals surface area contributed by atoms with Gasteiger partial charge in [-0.2, -0.15) is 0 Å². The molecule has 0 saturated carbocycles. The molecule has 0 aliphatic carbocycles. The van der Waals surface area contributed by atoms with Gasteiger partial charge in [0.05, 0.1) is 5.02 Å². The van der Waals surface area contributed by atoms with E-state index >= 15 is 0 Å². The predicted octanol–water partition coefficient (Wildman–Crippen LogP) is 4.85. The van der Waals surface area contributed by atoms with Crippen LogP contribution in [0, 0.1) is 10.7 Å². The number of aromatic nitrogens is 3. The summed E-state index contributed by atoms with van der Waals surface area (Å²) in [4.78, 5) is 3.97. The lowest BCUT2D eigenvalue weighted by Crippen LogP contribution is -2.03. The average Bonchev–Trinajstić information content (AvgIpc) is 2.98. The largest absolute Gasteiger partial charge is 0.481 e. The Labute approximate surface area is 146 Å². The Morgan fingerprint density at radius 1 is 1.29 bits per heavy atom. The Balaban J connectivity index is 1.68. The van der Waals surface area contributed by atoms with Crippen LogP contribution in [0.4, 0.5) is 4.39 Å². The van der Waals surface area contributed by atoms with Crippen LogP contribution in [-0.4, -0.2) is 15.2 Å². The lowest BCUT2D eigenvalue weighted by Gasteiger charge is -2.11. The molecule has 24 heavy (non-hydrogen) atoms. The predicted molar refractivity (Wildman–Crippen MR) is 86.5 cm³/mol.